The van der Waals surface area contributed by atoms with E-state index in [4.69, 9.17) is 15.9 Å². The molecule has 0 aliphatic carbocycles. The van der Waals surface area contributed by atoms with E-state index in [1.54, 1.807) is 14.2 Å². The Morgan fingerprint density at radius 1 is 1.16 bits per heavy atom. The number of hydrogen-bond donors (Lipinski definition) is 3. The first-order valence-corrected chi connectivity index (χ1v) is 8.66. The van der Waals surface area contributed by atoms with Crippen molar-refractivity contribution >= 4 is 5.91 Å². The number of benzene rings is 1. The smallest absolute Gasteiger partial charge is 0.275 e. The van der Waals surface area contributed by atoms with E-state index < -0.39 is 0 Å². The predicted molar refractivity (Wildman–Crippen MR) is 96.1 cm³/mol. The van der Waals surface area contributed by atoms with Crippen molar-refractivity contribution in [3.05, 3.63) is 23.3 Å². The van der Waals surface area contributed by atoms with Gasteiger partial charge in [-0.2, -0.15) is 0 Å². The fourth-order valence-corrected chi connectivity index (χ4v) is 3.23. The van der Waals surface area contributed by atoms with E-state index in [2.05, 4.69) is 24.2 Å². The number of rotatable bonds is 7. The Bertz CT molecular complexity index is 632. The molecule has 0 spiro atoms. The van der Waals surface area contributed by atoms with Gasteiger partial charge in [0.15, 0.2) is 18.0 Å². The van der Waals surface area contributed by atoms with Crippen molar-refractivity contribution in [2.45, 2.75) is 13.5 Å². The highest BCUT2D eigenvalue weighted by Gasteiger charge is 2.25. The molecular formula is C19H29N3O3+2. The highest BCUT2D eigenvalue weighted by molar-refractivity contribution is 5.77. The summed E-state index contributed by atoms with van der Waals surface area (Å²) in [6.07, 6.45) is 5.16. The Morgan fingerprint density at radius 3 is 2.36 bits per heavy atom. The van der Waals surface area contributed by atoms with E-state index in [0.29, 0.717) is 13.1 Å². The number of amides is 1. The summed E-state index contributed by atoms with van der Waals surface area (Å²) in [5.41, 5.74) is 2.50. The van der Waals surface area contributed by atoms with Gasteiger partial charge in [0.1, 0.15) is 32.7 Å². The third-order valence-electron chi connectivity index (χ3n) is 4.74. The molecule has 2 rings (SSSR count). The lowest BCUT2D eigenvalue weighted by molar-refractivity contribution is -1.02. The van der Waals surface area contributed by atoms with Gasteiger partial charge in [-0.25, -0.2) is 0 Å². The fourth-order valence-electron chi connectivity index (χ4n) is 3.23. The second-order valence-electron chi connectivity index (χ2n) is 6.47. The molecule has 0 unspecified atom stereocenters. The zero-order valence-electron chi connectivity index (χ0n) is 15.4. The number of piperazine rings is 1. The maximum absolute atomic E-state index is 11.8. The molecule has 25 heavy (non-hydrogen) atoms. The minimum absolute atomic E-state index is 0.0344. The molecule has 1 saturated heterocycles. The van der Waals surface area contributed by atoms with Crippen LogP contribution in [0.4, 0.5) is 0 Å². The van der Waals surface area contributed by atoms with Crippen LogP contribution >= 0.6 is 0 Å². The first-order valence-electron chi connectivity index (χ1n) is 8.66. The van der Waals surface area contributed by atoms with Gasteiger partial charge in [0.25, 0.3) is 5.91 Å². The van der Waals surface area contributed by atoms with Crippen LogP contribution in [0.2, 0.25) is 0 Å². The number of ether oxygens (including phenoxy) is 2. The molecule has 1 heterocycles. The summed E-state index contributed by atoms with van der Waals surface area (Å²) in [5, 5.41) is 2.73. The van der Waals surface area contributed by atoms with Crippen molar-refractivity contribution in [2.24, 2.45) is 0 Å². The number of carbonyl (C=O) groups excluding carboxylic acids is 1. The standard InChI is InChI=1S/C19H27N3O3/c1-5-6-20-19(23)14-22-9-7-21(8-10-22)13-16-12-18(25-4)17(24-3)11-15(16)2/h1,11-12H,6-10,13-14H2,2-4H3,(H,20,23)/p+2. The van der Waals surface area contributed by atoms with Gasteiger partial charge in [0.2, 0.25) is 0 Å². The molecule has 0 bridgehead atoms. The average molecular weight is 347 g/mol. The van der Waals surface area contributed by atoms with E-state index >= 15 is 0 Å². The molecule has 0 atom stereocenters. The fraction of sp³-hybridized carbons (Fsp3) is 0.526. The number of hydrogen-bond acceptors (Lipinski definition) is 3. The van der Waals surface area contributed by atoms with Gasteiger partial charge >= 0.3 is 0 Å². The van der Waals surface area contributed by atoms with Crippen LogP contribution in [0.15, 0.2) is 12.1 Å². The van der Waals surface area contributed by atoms with E-state index in [9.17, 15) is 4.79 Å². The summed E-state index contributed by atoms with van der Waals surface area (Å²) >= 11 is 0. The van der Waals surface area contributed by atoms with Gasteiger partial charge in [0, 0.05) is 5.56 Å². The van der Waals surface area contributed by atoms with Crippen LogP contribution in [-0.2, 0) is 11.3 Å². The minimum atomic E-state index is 0.0344. The minimum Gasteiger partial charge on any atom is -0.493 e. The lowest BCUT2D eigenvalue weighted by Gasteiger charge is -2.29. The molecule has 1 aromatic rings. The Labute approximate surface area is 150 Å². The van der Waals surface area contributed by atoms with Crippen LogP contribution in [0.25, 0.3) is 0 Å². The van der Waals surface area contributed by atoms with Crippen LogP contribution in [0, 0.1) is 19.3 Å². The topological polar surface area (TPSA) is 56.4 Å². The number of aryl methyl sites for hydroxylation is 1. The molecule has 1 aromatic carbocycles. The molecule has 1 aliphatic heterocycles. The van der Waals surface area contributed by atoms with E-state index in [0.717, 1.165) is 44.2 Å². The summed E-state index contributed by atoms with van der Waals surface area (Å²) in [6.45, 7) is 7.95. The zero-order valence-corrected chi connectivity index (χ0v) is 15.4. The first kappa shape index (κ1) is 19.1. The van der Waals surface area contributed by atoms with Gasteiger partial charge in [-0.15, -0.1) is 6.42 Å². The molecule has 1 amide bonds. The largest absolute Gasteiger partial charge is 0.493 e. The number of methoxy groups -OCH3 is 2. The SMILES string of the molecule is C#CCNC(=O)C[NH+]1CC[NH+](Cc2cc(OC)c(OC)cc2C)CC1. The van der Waals surface area contributed by atoms with Gasteiger partial charge in [-0.05, 0) is 24.6 Å². The maximum Gasteiger partial charge on any atom is 0.275 e. The average Bonchev–Trinajstić information content (AvgIpc) is 2.62. The summed E-state index contributed by atoms with van der Waals surface area (Å²) in [6, 6.07) is 4.11. The molecule has 1 fully saturated rings. The van der Waals surface area contributed by atoms with Crippen molar-refractivity contribution in [1.29, 1.82) is 0 Å². The van der Waals surface area contributed by atoms with Crippen LogP contribution in [0.1, 0.15) is 11.1 Å². The van der Waals surface area contributed by atoms with Crippen molar-refractivity contribution in [1.82, 2.24) is 5.32 Å². The zero-order chi connectivity index (χ0) is 18.2. The van der Waals surface area contributed by atoms with Gasteiger partial charge in [-0.1, -0.05) is 5.92 Å². The monoisotopic (exact) mass is 347 g/mol. The van der Waals surface area contributed by atoms with Crippen LogP contribution in [-0.4, -0.2) is 59.4 Å². The number of nitrogens with one attached hydrogen (secondary N) is 3. The van der Waals surface area contributed by atoms with E-state index in [-0.39, 0.29) is 5.91 Å². The van der Waals surface area contributed by atoms with Gasteiger partial charge in [-0.3, -0.25) is 4.79 Å². The number of carbonyl (C=O) groups is 1. The summed E-state index contributed by atoms with van der Waals surface area (Å²) in [4.78, 5) is 14.6. The van der Waals surface area contributed by atoms with E-state index in [1.807, 2.05) is 6.07 Å². The third kappa shape index (κ3) is 5.38. The van der Waals surface area contributed by atoms with Gasteiger partial charge < -0.3 is 24.6 Å². The van der Waals surface area contributed by atoms with Crippen molar-refractivity contribution in [2.75, 3.05) is 53.5 Å². The molecule has 0 saturated carbocycles. The second kappa shape index (κ2) is 9.30. The number of quaternary nitrogens is 2. The highest BCUT2D eigenvalue weighted by atomic mass is 16.5. The third-order valence-corrected chi connectivity index (χ3v) is 4.74. The molecule has 0 radical (unpaired) electrons. The lowest BCUT2D eigenvalue weighted by Crippen LogP contribution is -3.28. The summed E-state index contributed by atoms with van der Waals surface area (Å²) < 4.78 is 10.8. The van der Waals surface area contributed by atoms with Crippen LogP contribution in [0.5, 0.6) is 11.5 Å². The molecule has 1 aliphatic rings. The van der Waals surface area contributed by atoms with Crippen LogP contribution in [0.3, 0.4) is 0 Å². The molecule has 6 nitrogen and oxygen atoms in total. The van der Waals surface area contributed by atoms with E-state index in [1.165, 1.54) is 20.9 Å². The Balaban J connectivity index is 1.88. The molecular weight excluding hydrogens is 318 g/mol. The second-order valence-corrected chi connectivity index (χ2v) is 6.47. The quantitative estimate of drug-likeness (QED) is 0.503. The molecule has 3 N–H and O–H groups in total. The molecule has 6 heteroatoms. The first-order chi connectivity index (χ1) is 12.1. The Hall–Kier alpha value is -2.23. The molecule has 136 valence electrons. The van der Waals surface area contributed by atoms with Crippen molar-refractivity contribution < 1.29 is 24.1 Å². The molecule has 0 aromatic heterocycles. The number of terminal acetylenes is 1. The normalized spacial score (nSPS) is 19.8. The van der Waals surface area contributed by atoms with Crippen LogP contribution < -0.4 is 24.6 Å². The van der Waals surface area contributed by atoms with Crippen molar-refractivity contribution in [3.63, 3.8) is 0 Å². The van der Waals surface area contributed by atoms with Gasteiger partial charge in [0.05, 0.1) is 20.8 Å². The Morgan fingerprint density at radius 2 is 1.76 bits per heavy atom. The maximum atomic E-state index is 11.8. The predicted octanol–water partition coefficient (Wildman–Crippen LogP) is -1.95. The summed E-state index contributed by atoms with van der Waals surface area (Å²) in [7, 11) is 3.32. The Kier molecular flexibility index (Phi) is 7.11. The highest BCUT2D eigenvalue weighted by Crippen LogP contribution is 2.29. The lowest BCUT2D eigenvalue weighted by atomic mass is 10.1. The van der Waals surface area contributed by atoms with Crippen molar-refractivity contribution in [3.8, 4) is 23.8 Å². The summed E-state index contributed by atoms with van der Waals surface area (Å²) in [5.74, 6) is 4.01.